The van der Waals surface area contributed by atoms with Gasteiger partial charge in [0.25, 0.3) is 0 Å². The fraction of sp³-hybridized carbons (Fsp3) is 0.467. The number of amides is 1. The first-order valence-corrected chi connectivity index (χ1v) is 14.6. The van der Waals surface area contributed by atoms with E-state index in [1.807, 2.05) is 0 Å². The molecule has 0 radical (unpaired) electrons. The van der Waals surface area contributed by atoms with Crippen molar-refractivity contribution in [1.29, 1.82) is 0 Å². The highest BCUT2D eigenvalue weighted by Gasteiger charge is 2.39. The second-order valence-electron chi connectivity index (χ2n) is 10.7. The Kier molecular flexibility index (Phi) is 9.67. The molecule has 3 heterocycles. The number of aromatic nitrogens is 2. The number of hydrogen-bond donors (Lipinski definition) is 2. The second-order valence-corrected chi connectivity index (χ2v) is 11.2. The summed E-state index contributed by atoms with van der Waals surface area (Å²) >= 11 is 4.29. The van der Waals surface area contributed by atoms with Crippen LogP contribution in [0.4, 0.5) is 17.6 Å². The third-order valence-electron chi connectivity index (χ3n) is 7.90. The Bertz CT molecular complexity index is 1350. The highest BCUT2D eigenvalue weighted by atomic mass is 32.1. The zero-order valence-corrected chi connectivity index (χ0v) is 23.5. The summed E-state index contributed by atoms with van der Waals surface area (Å²) in [5.74, 6) is -1.58. The second kappa shape index (κ2) is 13.4. The third-order valence-corrected chi connectivity index (χ3v) is 8.12. The van der Waals surface area contributed by atoms with Gasteiger partial charge < -0.3 is 19.5 Å². The van der Waals surface area contributed by atoms with Gasteiger partial charge in [0.15, 0.2) is 0 Å². The number of nitrogens with zero attached hydrogens (tertiary/aromatic N) is 3. The Hall–Kier alpha value is -2.89. The molecule has 0 saturated carbocycles. The first-order valence-electron chi connectivity index (χ1n) is 13.9. The van der Waals surface area contributed by atoms with E-state index >= 15 is 0 Å². The van der Waals surface area contributed by atoms with Gasteiger partial charge >= 0.3 is 0 Å². The molecule has 2 aliphatic heterocycles. The molecule has 1 N–H and O–H groups in total. The van der Waals surface area contributed by atoms with Crippen LogP contribution >= 0.6 is 12.6 Å². The molecule has 1 amide bonds. The molecule has 3 aromatic rings. The normalized spacial score (nSPS) is 20.3. The minimum Gasteiger partial charge on any atom is -0.381 e. The van der Waals surface area contributed by atoms with Crippen molar-refractivity contribution in [2.75, 3.05) is 38.6 Å². The van der Waals surface area contributed by atoms with Crippen molar-refractivity contribution in [3.63, 3.8) is 0 Å². The highest BCUT2D eigenvalue weighted by Crippen LogP contribution is 2.38. The maximum Gasteiger partial charge on any atom is 0.224 e. The van der Waals surface area contributed by atoms with Gasteiger partial charge in [-0.25, -0.2) is 22.5 Å². The molecule has 6 nitrogen and oxygen atoms in total. The van der Waals surface area contributed by atoms with Crippen LogP contribution in [-0.4, -0.2) is 65.1 Å². The van der Waals surface area contributed by atoms with Crippen LogP contribution in [0.3, 0.4) is 0 Å². The number of carbonyl (C=O) groups is 1. The third kappa shape index (κ3) is 6.95. The molecule has 2 aliphatic rings. The molecule has 2 aromatic carbocycles. The largest absolute Gasteiger partial charge is 0.381 e. The number of benzene rings is 2. The minimum atomic E-state index is -1.11. The summed E-state index contributed by atoms with van der Waals surface area (Å²) in [7, 11) is 0. The summed E-state index contributed by atoms with van der Waals surface area (Å²) in [6.45, 7) is 1.98. The summed E-state index contributed by atoms with van der Waals surface area (Å²) < 4.78 is 65.5. The first-order chi connectivity index (χ1) is 19.8. The number of alkyl halides is 1. The van der Waals surface area contributed by atoms with E-state index in [1.54, 1.807) is 27.8 Å². The predicted molar refractivity (Wildman–Crippen MR) is 151 cm³/mol. The van der Waals surface area contributed by atoms with E-state index in [2.05, 4.69) is 17.9 Å². The molecule has 0 unspecified atom stereocenters. The standard InChI is InChI=1S/C30H34F4N4O2S/c31-22-3-1-2-19(12-22)16-37-18-27(24-13-23(32)4-5-25(24)33)36-30(37)29(20-6-9-40-10-7-20)38(28(39)8-11-41)17-21-14-35-15-26(21)34/h1-5,12-13,18,20-21,26,29,35,41H,6-11,14-17H2/t21-,26-,29+/m0/s1. The lowest BCUT2D eigenvalue weighted by atomic mass is 9.88. The molecule has 0 aliphatic carbocycles. The fourth-order valence-corrected chi connectivity index (χ4v) is 6.02. The number of carbonyl (C=O) groups excluding carboxylic acids is 1. The zero-order chi connectivity index (χ0) is 28.9. The van der Waals surface area contributed by atoms with E-state index in [0.29, 0.717) is 49.7 Å². The predicted octanol–water partition coefficient (Wildman–Crippen LogP) is 5.19. The molecule has 41 heavy (non-hydrogen) atoms. The number of halogens is 4. The lowest BCUT2D eigenvalue weighted by molar-refractivity contribution is -0.137. The highest BCUT2D eigenvalue weighted by molar-refractivity contribution is 7.80. The van der Waals surface area contributed by atoms with Gasteiger partial charge in [0.1, 0.15) is 29.4 Å². The lowest BCUT2D eigenvalue weighted by Crippen LogP contribution is -2.45. The molecule has 3 atom stereocenters. The van der Waals surface area contributed by atoms with Gasteiger partial charge in [-0.3, -0.25) is 4.79 Å². The zero-order valence-electron chi connectivity index (χ0n) is 22.6. The van der Waals surface area contributed by atoms with Crippen molar-refractivity contribution in [3.05, 3.63) is 77.5 Å². The molecule has 0 bridgehead atoms. The molecule has 2 fully saturated rings. The van der Waals surface area contributed by atoms with Crippen LogP contribution in [0.15, 0.2) is 48.7 Å². The summed E-state index contributed by atoms with van der Waals surface area (Å²) in [6.07, 6.45) is 1.92. The Morgan fingerprint density at radius 2 is 1.90 bits per heavy atom. The molecule has 0 spiro atoms. The smallest absolute Gasteiger partial charge is 0.224 e. The Morgan fingerprint density at radius 1 is 1.12 bits per heavy atom. The lowest BCUT2D eigenvalue weighted by Gasteiger charge is -2.40. The quantitative estimate of drug-likeness (QED) is 0.252. The van der Waals surface area contributed by atoms with Crippen LogP contribution in [0.25, 0.3) is 11.3 Å². The summed E-state index contributed by atoms with van der Waals surface area (Å²) in [5, 5.41) is 3.06. The number of ether oxygens (including phenoxy) is 1. The fourth-order valence-electron chi connectivity index (χ4n) is 5.83. The van der Waals surface area contributed by atoms with Crippen molar-refractivity contribution in [2.45, 2.75) is 38.0 Å². The van der Waals surface area contributed by atoms with Gasteiger partial charge in [-0.15, -0.1) is 0 Å². The number of rotatable bonds is 10. The molecule has 11 heteroatoms. The molecule has 5 rings (SSSR count). The molecule has 220 valence electrons. The Balaban J connectivity index is 1.65. The van der Waals surface area contributed by atoms with Gasteiger partial charge in [0, 0.05) is 63.5 Å². The van der Waals surface area contributed by atoms with Crippen molar-refractivity contribution in [1.82, 2.24) is 19.8 Å². The van der Waals surface area contributed by atoms with Crippen LogP contribution in [-0.2, 0) is 16.1 Å². The van der Waals surface area contributed by atoms with Gasteiger partial charge in [0.2, 0.25) is 5.91 Å². The summed E-state index contributed by atoms with van der Waals surface area (Å²) in [6, 6.07) is 8.67. The van der Waals surface area contributed by atoms with Crippen LogP contribution in [0.5, 0.6) is 0 Å². The Labute approximate surface area is 242 Å². The van der Waals surface area contributed by atoms with E-state index in [1.165, 1.54) is 12.1 Å². The monoisotopic (exact) mass is 590 g/mol. The number of imidazole rings is 1. The molecular weight excluding hydrogens is 556 g/mol. The van der Waals surface area contributed by atoms with E-state index in [9.17, 15) is 22.4 Å². The van der Waals surface area contributed by atoms with E-state index in [-0.39, 0.29) is 49.1 Å². The molecule has 1 aromatic heterocycles. The minimum absolute atomic E-state index is 0.0213. The van der Waals surface area contributed by atoms with Gasteiger partial charge in [-0.1, -0.05) is 12.1 Å². The number of hydrogen-bond acceptors (Lipinski definition) is 5. The number of thiol groups is 1. The number of nitrogens with one attached hydrogen (secondary N) is 1. The Morgan fingerprint density at radius 3 is 2.61 bits per heavy atom. The van der Waals surface area contributed by atoms with Gasteiger partial charge in [-0.05, 0) is 60.4 Å². The van der Waals surface area contributed by atoms with Crippen molar-refractivity contribution in [2.24, 2.45) is 11.8 Å². The van der Waals surface area contributed by atoms with E-state index in [4.69, 9.17) is 9.72 Å². The maximum absolute atomic E-state index is 14.9. The van der Waals surface area contributed by atoms with Crippen molar-refractivity contribution in [3.8, 4) is 11.3 Å². The van der Waals surface area contributed by atoms with Crippen molar-refractivity contribution < 1.29 is 27.1 Å². The average molecular weight is 591 g/mol. The summed E-state index contributed by atoms with van der Waals surface area (Å²) in [4.78, 5) is 20.2. The molecule has 2 saturated heterocycles. The summed E-state index contributed by atoms with van der Waals surface area (Å²) in [5.41, 5.74) is 0.808. The molecular formula is C30H34F4N4O2S. The average Bonchev–Trinajstić information content (AvgIpc) is 3.56. The van der Waals surface area contributed by atoms with Gasteiger partial charge in [0.05, 0.1) is 11.7 Å². The van der Waals surface area contributed by atoms with E-state index in [0.717, 1.165) is 18.2 Å². The van der Waals surface area contributed by atoms with Crippen molar-refractivity contribution >= 4 is 18.5 Å². The van der Waals surface area contributed by atoms with Crippen LogP contribution < -0.4 is 5.32 Å². The topological polar surface area (TPSA) is 59.4 Å². The first kappa shape index (κ1) is 29.6. The van der Waals surface area contributed by atoms with Crippen LogP contribution in [0.1, 0.15) is 36.7 Å². The van der Waals surface area contributed by atoms with Crippen LogP contribution in [0.2, 0.25) is 0 Å². The SMILES string of the molecule is O=C(CCS)N(C[C@@H]1CNC[C@@H]1F)[C@@H](c1nc(-c2cc(F)ccc2F)cn1Cc1cccc(F)c1)C1CCOCC1. The maximum atomic E-state index is 14.9. The van der Waals surface area contributed by atoms with Gasteiger partial charge in [-0.2, -0.15) is 12.6 Å². The van der Waals surface area contributed by atoms with E-state index < -0.39 is 35.6 Å². The van der Waals surface area contributed by atoms with Crippen LogP contribution in [0, 0.1) is 29.3 Å².